The van der Waals surface area contributed by atoms with Crippen LogP contribution in [0.2, 0.25) is 0 Å². The van der Waals surface area contributed by atoms with Gasteiger partial charge in [-0.2, -0.15) is 0 Å². The van der Waals surface area contributed by atoms with Crippen molar-refractivity contribution in [1.82, 2.24) is 10.3 Å². The van der Waals surface area contributed by atoms with Crippen LogP contribution in [0.1, 0.15) is 37.6 Å². The SMILES string of the molecule is CCO[C@H]1C[C@](O)(CNC(=O)c2ccncc2F)C1(C)C. The van der Waals surface area contributed by atoms with E-state index in [0.717, 1.165) is 6.20 Å². The predicted molar refractivity (Wildman–Crippen MR) is 75.3 cm³/mol. The number of hydrogen-bond donors (Lipinski definition) is 2. The van der Waals surface area contributed by atoms with Crippen LogP contribution in [0.25, 0.3) is 0 Å². The Bertz CT molecular complexity index is 535. The number of carbonyl (C=O) groups excluding carboxylic acids is 1. The second-order valence-corrected chi connectivity index (χ2v) is 5.94. The maximum absolute atomic E-state index is 13.5. The summed E-state index contributed by atoms with van der Waals surface area (Å²) in [6.07, 6.45) is 2.75. The molecule has 1 aliphatic carbocycles. The van der Waals surface area contributed by atoms with Crippen LogP contribution in [0.4, 0.5) is 4.39 Å². The van der Waals surface area contributed by atoms with Gasteiger partial charge in [-0.15, -0.1) is 0 Å². The molecule has 0 saturated heterocycles. The molecule has 1 saturated carbocycles. The van der Waals surface area contributed by atoms with Gasteiger partial charge in [0.25, 0.3) is 5.91 Å². The molecular weight excluding hydrogens is 275 g/mol. The van der Waals surface area contributed by atoms with E-state index in [-0.39, 0.29) is 18.2 Å². The van der Waals surface area contributed by atoms with E-state index < -0.39 is 22.7 Å². The van der Waals surface area contributed by atoms with Crippen molar-refractivity contribution in [3.63, 3.8) is 0 Å². The lowest BCUT2D eigenvalue weighted by Gasteiger charge is -2.57. The van der Waals surface area contributed by atoms with E-state index in [0.29, 0.717) is 13.0 Å². The smallest absolute Gasteiger partial charge is 0.254 e. The monoisotopic (exact) mass is 296 g/mol. The summed E-state index contributed by atoms with van der Waals surface area (Å²) in [6.45, 7) is 6.34. The number of rotatable bonds is 5. The Hall–Kier alpha value is -1.53. The average Bonchev–Trinajstić information content (AvgIpc) is 2.45. The second-order valence-electron chi connectivity index (χ2n) is 5.94. The minimum atomic E-state index is -1.05. The highest BCUT2D eigenvalue weighted by molar-refractivity contribution is 5.94. The zero-order valence-electron chi connectivity index (χ0n) is 12.5. The van der Waals surface area contributed by atoms with Crippen molar-refractivity contribution < 1.29 is 19.0 Å². The van der Waals surface area contributed by atoms with Crippen molar-refractivity contribution in [2.24, 2.45) is 5.41 Å². The van der Waals surface area contributed by atoms with E-state index >= 15 is 0 Å². The summed E-state index contributed by atoms with van der Waals surface area (Å²) in [7, 11) is 0. The van der Waals surface area contributed by atoms with E-state index in [2.05, 4.69) is 10.3 Å². The highest BCUT2D eigenvalue weighted by Crippen LogP contribution is 2.50. The fourth-order valence-corrected chi connectivity index (χ4v) is 2.64. The number of nitrogens with one attached hydrogen (secondary N) is 1. The molecule has 2 rings (SSSR count). The Morgan fingerprint density at radius 3 is 2.90 bits per heavy atom. The molecule has 0 bridgehead atoms. The molecular formula is C15H21FN2O3. The number of nitrogens with zero attached hydrogens (tertiary/aromatic N) is 1. The Kier molecular flexibility index (Phi) is 4.30. The molecule has 21 heavy (non-hydrogen) atoms. The van der Waals surface area contributed by atoms with Crippen molar-refractivity contribution >= 4 is 5.91 Å². The fourth-order valence-electron chi connectivity index (χ4n) is 2.64. The zero-order valence-corrected chi connectivity index (χ0v) is 12.5. The van der Waals surface area contributed by atoms with Crippen LogP contribution >= 0.6 is 0 Å². The van der Waals surface area contributed by atoms with Gasteiger partial charge in [-0.25, -0.2) is 4.39 Å². The molecule has 1 amide bonds. The molecule has 2 N–H and O–H groups in total. The first-order valence-corrected chi connectivity index (χ1v) is 7.03. The van der Waals surface area contributed by atoms with Gasteiger partial charge >= 0.3 is 0 Å². The summed E-state index contributed by atoms with van der Waals surface area (Å²) in [5.74, 6) is -1.24. The topological polar surface area (TPSA) is 71.5 Å². The molecule has 1 fully saturated rings. The summed E-state index contributed by atoms with van der Waals surface area (Å²) >= 11 is 0. The van der Waals surface area contributed by atoms with Gasteiger partial charge in [-0.3, -0.25) is 9.78 Å². The van der Waals surface area contributed by atoms with E-state index in [1.54, 1.807) is 0 Å². The van der Waals surface area contributed by atoms with Crippen LogP contribution < -0.4 is 5.32 Å². The van der Waals surface area contributed by atoms with Crippen LogP contribution in [0, 0.1) is 11.2 Å². The summed E-state index contributed by atoms with van der Waals surface area (Å²) in [4.78, 5) is 15.5. The van der Waals surface area contributed by atoms with Crippen LogP contribution in [-0.4, -0.2) is 40.9 Å². The number of aliphatic hydroxyl groups is 1. The molecule has 0 radical (unpaired) electrons. The van der Waals surface area contributed by atoms with E-state index in [4.69, 9.17) is 4.74 Å². The number of ether oxygens (including phenoxy) is 1. The molecule has 0 aliphatic heterocycles. The summed E-state index contributed by atoms with van der Waals surface area (Å²) in [6, 6.07) is 1.31. The Morgan fingerprint density at radius 1 is 1.62 bits per heavy atom. The maximum atomic E-state index is 13.5. The van der Waals surface area contributed by atoms with Crippen molar-refractivity contribution in [3.05, 3.63) is 29.8 Å². The average molecular weight is 296 g/mol. The van der Waals surface area contributed by atoms with Gasteiger partial charge in [0.15, 0.2) is 5.82 Å². The molecule has 1 heterocycles. The third-order valence-electron chi connectivity index (χ3n) is 4.45. The normalized spacial score (nSPS) is 27.0. The molecule has 0 aromatic carbocycles. The minimum absolute atomic E-state index is 0.0398. The van der Waals surface area contributed by atoms with Crippen molar-refractivity contribution in [3.8, 4) is 0 Å². The van der Waals surface area contributed by atoms with Gasteiger partial charge in [0.1, 0.15) is 0 Å². The van der Waals surface area contributed by atoms with Gasteiger partial charge in [-0.05, 0) is 13.0 Å². The largest absolute Gasteiger partial charge is 0.387 e. The van der Waals surface area contributed by atoms with Crippen LogP contribution in [0.15, 0.2) is 18.5 Å². The quantitative estimate of drug-likeness (QED) is 0.864. The minimum Gasteiger partial charge on any atom is -0.387 e. The molecule has 116 valence electrons. The van der Waals surface area contributed by atoms with Crippen LogP contribution in [0.5, 0.6) is 0 Å². The molecule has 1 aliphatic rings. The molecule has 0 unspecified atom stereocenters. The molecule has 6 heteroatoms. The number of halogens is 1. The Labute approximate surface area is 123 Å². The summed E-state index contributed by atoms with van der Waals surface area (Å²) in [5.41, 5.74) is -1.59. The van der Waals surface area contributed by atoms with Gasteiger partial charge in [0.05, 0.1) is 23.5 Å². The third kappa shape index (κ3) is 2.78. The van der Waals surface area contributed by atoms with Gasteiger partial charge in [0.2, 0.25) is 0 Å². The lowest BCUT2D eigenvalue weighted by Crippen LogP contribution is -2.68. The Balaban J connectivity index is 1.98. The van der Waals surface area contributed by atoms with Gasteiger partial charge in [-0.1, -0.05) is 13.8 Å². The van der Waals surface area contributed by atoms with Gasteiger partial charge < -0.3 is 15.2 Å². The van der Waals surface area contributed by atoms with Crippen LogP contribution in [0.3, 0.4) is 0 Å². The number of amides is 1. The van der Waals surface area contributed by atoms with Crippen molar-refractivity contribution in [2.75, 3.05) is 13.2 Å². The van der Waals surface area contributed by atoms with Crippen LogP contribution in [-0.2, 0) is 4.74 Å². The van der Waals surface area contributed by atoms with E-state index in [9.17, 15) is 14.3 Å². The first kappa shape index (κ1) is 15.9. The van der Waals surface area contributed by atoms with Crippen molar-refractivity contribution in [1.29, 1.82) is 0 Å². The lowest BCUT2D eigenvalue weighted by atomic mass is 9.56. The fraction of sp³-hybridized carbons (Fsp3) is 0.600. The number of hydrogen-bond acceptors (Lipinski definition) is 4. The second kappa shape index (κ2) is 5.69. The first-order valence-electron chi connectivity index (χ1n) is 7.03. The van der Waals surface area contributed by atoms with Gasteiger partial charge in [0, 0.05) is 31.2 Å². The predicted octanol–water partition coefficient (Wildman–Crippen LogP) is 1.52. The van der Waals surface area contributed by atoms with Crippen molar-refractivity contribution in [2.45, 2.75) is 38.9 Å². The number of aromatic nitrogens is 1. The molecule has 1 aromatic rings. The lowest BCUT2D eigenvalue weighted by molar-refractivity contribution is -0.237. The zero-order chi connectivity index (χ0) is 15.7. The molecule has 1 aromatic heterocycles. The number of carbonyl (C=O) groups is 1. The summed E-state index contributed by atoms with van der Waals surface area (Å²) in [5, 5.41) is 13.2. The highest BCUT2D eigenvalue weighted by Gasteiger charge is 2.59. The third-order valence-corrected chi connectivity index (χ3v) is 4.45. The first-order chi connectivity index (χ1) is 9.82. The highest BCUT2D eigenvalue weighted by atomic mass is 19.1. The summed E-state index contributed by atoms with van der Waals surface area (Å²) < 4.78 is 19.0. The molecule has 0 spiro atoms. The van der Waals surface area contributed by atoms with E-state index in [1.165, 1.54) is 12.3 Å². The standard InChI is InChI=1S/C15H21FN2O3/c1-4-21-12-7-15(20,14(12,2)3)9-18-13(19)10-5-6-17-8-11(10)16/h5-6,8,12,20H,4,7,9H2,1-3H3,(H,18,19)/t12-,15-/m0/s1. The van der Waals surface area contributed by atoms with E-state index in [1.807, 2.05) is 20.8 Å². The number of pyridine rings is 1. The molecule has 5 nitrogen and oxygen atoms in total. The maximum Gasteiger partial charge on any atom is 0.254 e. The molecule has 2 atom stereocenters. The Morgan fingerprint density at radius 2 is 2.33 bits per heavy atom.